The standard InChI is InChI=1S/C17H16ClN3O2/c18-15-9-5-4-8-14(15)16(22)17(23,10-21-12-19-11-20-21)13-6-2-1-3-7-13/h1-9,11-12,16,22-23H,10H2/t16-,17-/m0/s1. The third-order valence-corrected chi connectivity index (χ3v) is 4.14. The molecule has 2 N–H and O–H groups in total. The molecule has 0 amide bonds. The van der Waals surface area contributed by atoms with Gasteiger partial charge in [-0.3, -0.25) is 0 Å². The molecule has 0 spiro atoms. The summed E-state index contributed by atoms with van der Waals surface area (Å²) in [4.78, 5) is 3.88. The van der Waals surface area contributed by atoms with E-state index < -0.39 is 11.7 Å². The highest BCUT2D eigenvalue weighted by Gasteiger charge is 2.40. The van der Waals surface area contributed by atoms with Crippen molar-refractivity contribution >= 4 is 11.6 Å². The van der Waals surface area contributed by atoms with Gasteiger partial charge in [0.15, 0.2) is 0 Å². The Kier molecular flexibility index (Phi) is 4.43. The van der Waals surface area contributed by atoms with E-state index in [2.05, 4.69) is 10.1 Å². The van der Waals surface area contributed by atoms with Crippen LogP contribution in [0.4, 0.5) is 0 Å². The lowest BCUT2D eigenvalue weighted by Crippen LogP contribution is -2.38. The Morgan fingerprint density at radius 2 is 1.78 bits per heavy atom. The van der Waals surface area contributed by atoms with E-state index in [1.807, 2.05) is 6.07 Å². The van der Waals surface area contributed by atoms with E-state index in [4.69, 9.17) is 11.6 Å². The van der Waals surface area contributed by atoms with Crippen LogP contribution in [0, 0.1) is 0 Å². The van der Waals surface area contributed by atoms with E-state index in [0.29, 0.717) is 16.1 Å². The lowest BCUT2D eigenvalue weighted by Gasteiger charge is -2.34. The van der Waals surface area contributed by atoms with E-state index in [9.17, 15) is 10.2 Å². The molecule has 0 aliphatic rings. The molecule has 0 saturated heterocycles. The summed E-state index contributed by atoms with van der Waals surface area (Å²) in [5.74, 6) is 0. The van der Waals surface area contributed by atoms with Crippen molar-refractivity contribution in [3.8, 4) is 0 Å². The Bertz CT molecular complexity index is 765. The predicted molar refractivity (Wildman–Crippen MR) is 86.8 cm³/mol. The zero-order valence-electron chi connectivity index (χ0n) is 12.2. The van der Waals surface area contributed by atoms with Crippen LogP contribution in [0.15, 0.2) is 67.3 Å². The summed E-state index contributed by atoms with van der Waals surface area (Å²) in [6, 6.07) is 15.9. The summed E-state index contributed by atoms with van der Waals surface area (Å²) < 4.78 is 1.48. The summed E-state index contributed by atoms with van der Waals surface area (Å²) in [5.41, 5.74) is -0.566. The highest BCUT2D eigenvalue weighted by molar-refractivity contribution is 6.31. The Morgan fingerprint density at radius 3 is 2.43 bits per heavy atom. The quantitative estimate of drug-likeness (QED) is 0.754. The molecule has 118 valence electrons. The molecule has 23 heavy (non-hydrogen) atoms. The summed E-state index contributed by atoms with van der Waals surface area (Å²) in [6.07, 6.45) is 1.66. The smallest absolute Gasteiger partial charge is 0.139 e. The molecule has 5 nitrogen and oxygen atoms in total. The number of hydrogen-bond acceptors (Lipinski definition) is 4. The molecule has 0 aliphatic heterocycles. The highest BCUT2D eigenvalue weighted by Crippen LogP contribution is 2.39. The number of aliphatic hydroxyl groups excluding tert-OH is 1. The summed E-state index contributed by atoms with van der Waals surface area (Å²) in [5, 5.41) is 26.6. The predicted octanol–water partition coefficient (Wildman–Crippen LogP) is 2.55. The van der Waals surface area contributed by atoms with Crippen LogP contribution in [-0.4, -0.2) is 25.0 Å². The largest absolute Gasteiger partial charge is 0.385 e. The van der Waals surface area contributed by atoms with E-state index >= 15 is 0 Å². The van der Waals surface area contributed by atoms with Crippen molar-refractivity contribution in [2.75, 3.05) is 0 Å². The maximum Gasteiger partial charge on any atom is 0.139 e. The van der Waals surface area contributed by atoms with Gasteiger partial charge >= 0.3 is 0 Å². The first-order chi connectivity index (χ1) is 11.1. The van der Waals surface area contributed by atoms with E-state index in [-0.39, 0.29) is 6.54 Å². The second kappa shape index (κ2) is 6.50. The van der Waals surface area contributed by atoms with E-state index in [1.54, 1.807) is 48.5 Å². The van der Waals surface area contributed by atoms with Crippen molar-refractivity contribution in [3.63, 3.8) is 0 Å². The Labute approximate surface area is 138 Å². The number of rotatable bonds is 5. The molecule has 2 atom stereocenters. The van der Waals surface area contributed by atoms with Crippen LogP contribution in [0.25, 0.3) is 0 Å². The number of aromatic nitrogens is 3. The van der Waals surface area contributed by atoms with Crippen LogP contribution in [-0.2, 0) is 12.1 Å². The van der Waals surface area contributed by atoms with Crippen LogP contribution < -0.4 is 0 Å². The monoisotopic (exact) mass is 329 g/mol. The molecule has 0 bridgehead atoms. The SMILES string of the molecule is O[C@@H](c1ccccc1Cl)[C@](O)(Cn1cncn1)c1ccccc1. The first kappa shape index (κ1) is 15.7. The number of halogens is 1. The molecule has 2 aromatic carbocycles. The molecule has 1 heterocycles. The third-order valence-electron chi connectivity index (χ3n) is 3.80. The third kappa shape index (κ3) is 3.12. The van der Waals surface area contributed by atoms with Crippen molar-refractivity contribution in [1.82, 2.24) is 14.8 Å². The molecule has 0 unspecified atom stereocenters. The molecule has 3 rings (SSSR count). The van der Waals surface area contributed by atoms with Gasteiger partial charge in [0.1, 0.15) is 24.4 Å². The summed E-state index contributed by atoms with van der Waals surface area (Å²) in [7, 11) is 0. The molecule has 0 radical (unpaired) electrons. The number of hydrogen-bond donors (Lipinski definition) is 2. The van der Waals surface area contributed by atoms with Gasteiger partial charge in [0.05, 0.1) is 6.54 Å². The van der Waals surface area contributed by atoms with Gasteiger partial charge in [-0.1, -0.05) is 60.1 Å². The Balaban J connectivity index is 2.06. The van der Waals surface area contributed by atoms with Crippen molar-refractivity contribution in [2.45, 2.75) is 18.2 Å². The Hall–Kier alpha value is -2.21. The number of aliphatic hydroxyl groups is 2. The zero-order chi connectivity index (χ0) is 16.3. The molecule has 0 fully saturated rings. The molecule has 1 aromatic heterocycles. The zero-order valence-corrected chi connectivity index (χ0v) is 13.0. The lowest BCUT2D eigenvalue weighted by molar-refractivity contribution is -0.0964. The van der Waals surface area contributed by atoms with Gasteiger partial charge in [0.25, 0.3) is 0 Å². The fraction of sp³-hybridized carbons (Fsp3) is 0.176. The molecular formula is C17H16ClN3O2. The first-order valence-corrected chi connectivity index (χ1v) is 7.52. The second-order valence-electron chi connectivity index (χ2n) is 5.31. The van der Waals surface area contributed by atoms with Gasteiger partial charge in [0, 0.05) is 10.6 Å². The first-order valence-electron chi connectivity index (χ1n) is 7.14. The van der Waals surface area contributed by atoms with Gasteiger partial charge < -0.3 is 10.2 Å². The van der Waals surface area contributed by atoms with E-state index in [1.165, 1.54) is 17.3 Å². The van der Waals surface area contributed by atoms with Crippen LogP contribution >= 0.6 is 11.6 Å². The maximum atomic E-state index is 11.3. The van der Waals surface area contributed by atoms with Crippen LogP contribution in [0.2, 0.25) is 5.02 Å². The van der Waals surface area contributed by atoms with Gasteiger partial charge in [-0.15, -0.1) is 0 Å². The van der Waals surface area contributed by atoms with Crippen LogP contribution in [0.1, 0.15) is 17.2 Å². The fourth-order valence-corrected chi connectivity index (χ4v) is 2.82. The molecule has 6 heteroatoms. The minimum atomic E-state index is -1.60. The summed E-state index contributed by atoms with van der Waals surface area (Å²) >= 11 is 6.19. The fourth-order valence-electron chi connectivity index (χ4n) is 2.58. The van der Waals surface area contributed by atoms with Crippen molar-refractivity contribution in [1.29, 1.82) is 0 Å². The average Bonchev–Trinajstić information content (AvgIpc) is 3.08. The summed E-state index contributed by atoms with van der Waals surface area (Å²) in [6.45, 7) is 0.0450. The second-order valence-corrected chi connectivity index (χ2v) is 5.71. The highest BCUT2D eigenvalue weighted by atomic mass is 35.5. The molecule has 3 aromatic rings. The lowest BCUT2D eigenvalue weighted by atomic mass is 9.84. The van der Waals surface area contributed by atoms with Crippen molar-refractivity contribution in [2.24, 2.45) is 0 Å². The molecule has 0 aliphatic carbocycles. The van der Waals surface area contributed by atoms with Crippen molar-refractivity contribution in [3.05, 3.63) is 83.4 Å². The molecular weight excluding hydrogens is 314 g/mol. The molecule has 0 saturated carbocycles. The van der Waals surface area contributed by atoms with Crippen LogP contribution in [0.5, 0.6) is 0 Å². The maximum absolute atomic E-state index is 11.3. The average molecular weight is 330 g/mol. The normalized spacial score (nSPS) is 15.1. The van der Waals surface area contributed by atoms with Crippen LogP contribution in [0.3, 0.4) is 0 Å². The number of nitrogens with zero attached hydrogens (tertiary/aromatic N) is 3. The minimum Gasteiger partial charge on any atom is -0.385 e. The van der Waals surface area contributed by atoms with E-state index in [0.717, 1.165) is 0 Å². The van der Waals surface area contributed by atoms with Gasteiger partial charge in [-0.2, -0.15) is 5.10 Å². The van der Waals surface area contributed by atoms with Gasteiger partial charge in [0.2, 0.25) is 0 Å². The Morgan fingerprint density at radius 1 is 1.09 bits per heavy atom. The topological polar surface area (TPSA) is 71.2 Å². The minimum absolute atomic E-state index is 0.0450. The van der Waals surface area contributed by atoms with Gasteiger partial charge in [-0.25, -0.2) is 9.67 Å². The van der Waals surface area contributed by atoms with Crippen molar-refractivity contribution < 1.29 is 10.2 Å². The number of benzene rings is 2. The van der Waals surface area contributed by atoms with Gasteiger partial charge in [-0.05, 0) is 11.6 Å².